The molecule has 0 bridgehead atoms. The predicted octanol–water partition coefficient (Wildman–Crippen LogP) is 8.61. The quantitative estimate of drug-likeness (QED) is 0.266. The number of halogens is 1. The molecule has 0 saturated heterocycles. The fourth-order valence-corrected chi connectivity index (χ4v) is 3.83. The van der Waals surface area contributed by atoms with Crippen molar-refractivity contribution in [3.05, 3.63) is 71.2 Å². The molecule has 0 amide bonds. The number of allylic oxidation sites excluding steroid dienone is 4. The molecule has 0 radical (unpaired) electrons. The van der Waals surface area contributed by atoms with Gasteiger partial charge in [0.15, 0.2) is 5.78 Å². The molecular formula is C31H48FNO2. The van der Waals surface area contributed by atoms with Crippen LogP contribution in [0.3, 0.4) is 0 Å². The lowest BCUT2D eigenvalue weighted by Gasteiger charge is -2.27. The predicted molar refractivity (Wildman–Crippen MR) is 148 cm³/mol. The zero-order valence-electron chi connectivity index (χ0n) is 23.4. The Labute approximate surface area is 214 Å². The largest absolute Gasteiger partial charge is 0.379 e. The van der Waals surface area contributed by atoms with Gasteiger partial charge >= 0.3 is 0 Å². The van der Waals surface area contributed by atoms with Crippen LogP contribution in [0.25, 0.3) is 0 Å². The average molecular weight is 486 g/mol. The molecule has 1 aromatic rings. The second-order valence-corrected chi connectivity index (χ2v) is 9.76. The van der Waals surface area contributed by atoms with E-state index in [4.69, 9.17) is 0 Å². The van der Waals surface area contributed by atoms with Gasteiger partial charge in [0.1, 0.15) is 11.6 Å². The van der Waals surface area contributed by atoms with Gasteiger partial charge in [0, 0.05) is 24.1 Å². The summed E-state index contributed by atoms with van der Waals surface area (Å²) in [5.74, 6) is 1.00. The Hall–Kier alpha value is -2.49. The SMILES string of the molecule is C=C/C(=C\C1=C(C)N[C@](C)(c2cccc(F)c2)C1)C(C)=O.CCCCC(C)=O.CCC[C@H](C)CC. The van der Waals surface area contributed by atoms with Gasteiger partial charge in [-0.3, -0.25) is 4.79 Å². The van der Waals surface area contributed by atoms with E-state index >= 15 is 0 Å². The Balaban J connectivity index is 0.000000680. The molecule has 0 unspecified atom stereocenters. The van der Waals surface area contributed by atoms with Crippen LogP contribution in [-0.4, -0.2) is 11.6 Å². The van der Waals surface area contributed by atoms with Gasteiger partial charge in [0.05, 0.1) is 5.54 Å². The molecule has 1 heterocycles. The van der Waals surface area contributed by atoms with E-state index in [9.17, 15) is 14.0 Å². The fourth-order valence-electron chi connectivity index (χ4n) is 3.83. The lowest BCUT2D eigenvalue weighted by atomic mass is 9.88. The van der Waals surface area contributed by atoms with Crippen molar-refractivity contribution in [2.24, 2.45) is 5.92 Å². The highest BCUT2D eigenvalue weighted by Gasteiger charge is 2.33. The van der Waals surface area contributed by atoms with Gasteiger partial charge < -0.3 is 10.1 Å². The van der Waals surface area contributed by atoms with Crippen LogP contribution in [0.15, 0.2) is 59.8 Å². The zero-order chi connectivity index (χ0) is 27.0. The van der Waals surface area contributed by atoms with Crippen LogP contribution in [-0.2, 0) is 15.1 Å². The molecule has 1 aromatic carbocycles. The summed E-state index contributed by atoms with van der Waals surface area (Å²) in [4.78, 5) is 21.7. The molecule has 4 heteroatoms. The summed E-state index contributed by atoms with van der Waals surface area (Å²) in [6, 6.07) is 6.61. The van der Waals surface area contributed by atoms with E-state index in [1.165, 1.54) is 32.3 Å². The molecule has 1 aliphatic rings. The van der Waals surface area contributed by atoms with Gasteiger partial charge in [-0.05, 0) is 69.4 Å². The highest BCUT2D eigenvalue weighted by Crippen LogP contribution is 2.37. The number of unbranched alkanes of at least 4 members (excludes halogenated alkanes) is 1. The van der Waals surface area contributed by atoms with Crippen LogP contribution in [0.4, 0.5) is 4.39 Å². The Morgan fingerprint density at radius 3 is 2.26 bits per heavy atom. The van der Waals surface area contributed by atoms with Crippen LogP contribution in [0.1, 0.15) is 106 Å². The molecule has 0 spiro atoms. The van der Waals surface area contributed by atoms with Crippen LogP contribution in [0, 0.1) is 11.7 Å². The molecular weight excluding hydrogens is 437 g/mol. The first-order valence-corrected chi connectivity index (χ1v) is 13.0. The number of carbonyl (C=O) groups is 2. The molecule has 0 saturated carbocycles. The van der Waals surface area contributed by atoms with Gasteiger partial charge in [0.2, 0.25) is 0 Å². The Morgan fingerprint density at radius 1 is 1.20 bits per heavy atom. The van der Waals surface area contributed by atoms with Gasteiger partial charge in [-0.15, -0.1) is 0 Å². The number of benzene rings is 1. The van der Waals surface area contributed by atoms with E-state index in [1.54, 1.807) is 25.1 Å². The van der Waals surface area contributed by atoms with Crippen molar-refractivity contribution in [3.63, 3.8) is 0 Å². The van der Waals surface area contributed by atoms with Crippen molar-refractivity contribution in [2.45, 2.75) is 106 Å². The number of rotatable bonds is 10. The molecule has 3 nitrogen and oxygen atoms in total. The third kappa shape index (κ3) is 12.7. The monoisotopic (exact) mass is 485 g/mol. The van der Waals surface area contributed by atoms with Crippen LogP contribution >= 0.6 is 0 Å². The maximum Gasteiger partial charge on any atom is 0.159 e. The first-order valence-electron chi connectivity index (χ1n) is 13.0. The lowest BCUT2D eigenvalue weighted by molar-refractivity contribution is -0.117. The summed E-state index contributed by atoms with van der Waals surface area (Å²) >= 11 is 0. The van der Waals surface area contributed by atoms with Crippen LogP contribution in [0.5, 0.6) is 0 Å². The van der Waals surface area contributed by atoms with Crippen LogP contribution in [0.2, 0.25) is 0 Å². The molecule has 2 rings (SSSR count). The van der Waals surface area contributed by atoms with E-state index in [0.717, 1.165) is 42.0 Å². The average Bonchev–Trinajstić information content (AvgIpc) is 3.10. The summed E-state index contributed by atoms with van der Waals surface area (Å²) in [5.41, 5.74) is 3.18. The van der Waals surface area contributed by atoms with Gasteiger partial charge in [0.25, 0.3) is 0 Å². The van der Waals surface area contributed by atoms with E-state index in [0.29, 0.717) is 17.8 Å². The first kappa shape index (κ1) is 32.5. The number of ketones is 2. The second kappa shape index (κ2) is 17.0. The number of nitrogens with one attached hydrogen (secondary N) is 1. The summed E-state index contributed by atoms with van der Waals surface area (Å²) in [6.07, 6.45) is 11.2. The third-order valence-corrected chi connectivity index (χ3v) is 6.27. The Kier molecular flexibility index (Phi) is 15.8. The topological polar surface area (TPSA) is 46.2 Å². The first-order chi connectivity index (χ1) is 16.4. The van der Waals surface area contributed by atoms with E-state index in [1.807, 2.05) is 26.0 Å². The molecule has 1 N–H and O–H groups in total. The van der Waals surface area contributed by atoms with Crippen molar-refractivity contribution >= 4 is 11.6 Å². The smallest absolute Gasteiger partial charge is 0.159 e. The van der Waals surface area contributed by atoms with E-state index in [-0.39, 0.29) is 17.1 Å². The maximum atomic E-state index is 13.4. The van der Waals surface area contributed by atoms with E-state index < -0.39 is 0 Å². The molecule has 0 fully saturated rings. The van der Waals surface area contributed by atoms with Gasteiger partial charge in [-0.25, -0.2) is 4.39 Å². The van der Waals surface area contributed by atoms with Crippen molar-refractivity contribution in [1.29, 1.82) is 0 Å². The number of carbonyl (C=O) groups excluding carboxylic acids is 2. The maximum absolute atomic E-state index is 13.4. The second-order valence-electron chi connectivity index (χ2n) is 9.76. The van der Waals surface area contributed by atoms with Crippen molar-refractivity contribution in [1.82, 2.24) is 5.32 Å². The minimum Gasteiger partial charge on any atom is -0.379 e. The van der Waals surface area contributed by atoms with E-state index in [2.05, 4.69) is 39.6 Å². The summed E-state index contributed by atoms with van der Waals surface area (Å²) in [6.45, 7) is 19.7. The van der Waals surface area contributed by atoms with Crippen molar-refractivity contribution in [3.8, 4) is 0 Å². The van der Waals surface area contributed by atoms with Crippen molar-refractivity contribution in [2.75, 3.05) is 0 Å². The highest BCUT2D eigenvalue weighted by atomic mass is 19.1. The molecule has 0 aromatic heterocycles. The number of hydrogen-bond donors (Lipinski definition) is 1. The zero-order valence-corrected chi connectivity index (χ0v) is 23.4. The standard InChI is InChI=1S/C18H20FNO.C7H16.C6H12O/c1-5-14(13(3)21)9-15-11-18(4,20-12(15)2)16-7-6-8-17(19)10-16;1-4-6-7(3)5-2;1-3-4-5-6(2)7/h5-10,20H,1,11H2,2-4H3;7H,4-6H2,1-3H3;3-5H2,1-2H3/b14-9+;;/t18-;7-;/m01./s1. The van der Waals surface area contributed by atoms with Gasteiger partial charge in [-0.2, -0.15) is 0 Å². The number of hydrogen-bond acceptors (Lipinski definition) is 3. The Morgan fingerprint density at radius 2 is 1.86 bits per heavy atom. The normalized spacial score (nSPS) is 17.9. The molecule has 1 aliphatic heterocycles. The Bertz CT molecular complexity index is 884. The van der Waals surface area contributed by atoms with Crippen molar-refractivity contribution < 1.29 is 14.0 Å². The summed E-state index contributed by atoms with van der Waals surface area (Å²) < 4.78 is 13.4. The minimum atomic E-state index is -0.360. The van der Waals surface area contributed by atoms with Crippen LogP contribution < -0.4 is 5.32 Å². The summed E-state index contributed by atoms with van der Waals surface area (Å²) in [7, 11) is 0. The molecule has 196 valence electrons. The number of Topliss-reactive ketones (excluding diaryl/α,β-unsaturated/α-hetero) is 2. The highest BCUT2D eigenvalue weighted by molar-refractivity contribution is 5.96. The molecule has 0 aliphatic carbocycles. The molecule has 2 atom stereocenters. The third-order valence-electron chi connectivity index (χ3n) is 6.27. The lowest BCUT2D eigenvalue weighted by Crippen LogP contribution is -2.33. The van der Waals surface area contributed by atoms with Gasteiger partial charge in [-0.1, -0.05) is 78.2 Å². The fraction of sp³-hybridized carbons (Fsp3) is 0.548. The summed E-state index contributed by atoms with van der Waals surface area (Å²) in [5, 5.41) is 3.41. The molecule has 35 heavy (non-hydrogen) atoms. The minimum absolute atomic E-state index is 0.00958.